The van der Waals surface area contributed by atoms with E-state index in [1.807, 2.05) is 50.2 Å². The quantitative estimate of drug-likeness (QED) is 0.206. The fraction of sp³-hybridized carbons (Fsp3) is 0.429. The standard InChI is InChI=1S/C28H36N2O5/c1-5-7-18-35-23-11-8-10-21(19-23)25-24(26(31)20-12-14-22(15-13-20)34-6-2)27(32)28(33)30(25)17-9-16-29(3)4/h8,10-15,19,25,31H,5-7,9,16-18H2,1-4H3/b26-24+. The normalized spacial score (nSPS) is 17.3. The van der Waals surface area contributed by atoms with E-state index in [0.29, 0.717) is 43.2 Å². The highest BCUT2D eigenvalue weighted by atomic mass is 16.5. The Morgan fingerprint density at radius 3 is 2.40 bits per heavy atom. The summed E-state index contributed by atoms with van der Waals surface area (Å²) in [6.07, 6.45) is 2.66. The number of nitrogens with zero attached hydrogens (tertiary/aromatic N) is 2. The third-order valence-electron chi connectivity index (χ3n) is 5.92. The lowest BCUT2D eigenvalue weighted by atomic mass is 9.95. The number of unbranched alkanes of at least 4 members (excludes halogenated alkanes) is 1. The van der Waals surface area contributed by atoms with Gasteiger partial charge in [-0.1, -0.05) is 25.5 Å². The number of amides is 1. The topological polar surface area (TPSA) is 79.3 Å². The zero-order valence-corrected chi connectivity index (χ0v) is 21.1. The summed E-state index contributed by atoms with van der Waals surface area (Å²) in [5, 5.41) is 11.2. The van der Waals surface area contributed by atoms with Gasteiger partial charge in [-0.2, -0.15) is 0 Å². The first-order chi connectivity index (χ1) is 16.9. The minimum absolute atomic E-state index is 0.0923. The summed E-state index contributed by atoms with van der Waals surface area (Å²) < 4.78 is 11.4. The number of hydrogen-bond donors (Lipinski definition) is 1. The Morgan fingerprint density at radius 2 is 1.74 bits per heavy atom. The van der Waals surface area contributed by atoms with Gasteiger partial charge in [0.1, 0.15) is 17.3 Å². The molecule has 0 spiro atoms. The van der Waals surface area contributed by atoms with E-state index in [1.54, 1.807) is 29.2 Å². The van der Waals surface area contributed by atoms with Crippen molar-refractivity contribution < 1.29 is 24.2 Å². The van der Waals surface area contributed by atoms with E-state index in [1.165, 1.54) is 0 Å². The number of aliphatic hydroxyl groups excluding tert-OH is 1. The molecule has 0 bridgehead atoms. The Labute approximate surface area is 207 Å². The van der Waals surface area contributed by atoms with Crippen LogP contribution in [0.5, 0.6) is 11.5 Å². The van der Waals surface area contributed by atoms with E-state index in [4.69, 9.17) is 9.47 Å². The molecular weight excluding hydrogens is 444 g/mol. The monoisotopic (exact) mass is 480 g/mol. The third kappa shape index (κ3) is 6.42. The third-order valence-corrected chi connectivity index (χ3v) is 5.92. The smallest absolute Gasteiger partial charge is 0.295 e. The molecule has 1 heterocycles. The Morgan fingerprint density at radius 1 is 1.00 bits per heavy atom. The molecule has 0 saturated carbocycles. The van der Waals surface area contributed by atoms with E-state index in [-0.39, 0.29) is 11.3 Å². The molecule has 1 fully saturated rings. The lowest BCUT2D eigenvalue weighted by Gasteiger charge is -2.26. The van der Waals surface area contributed by atoms with Gasteiger partial charge in [-0.3, -0.25) is 9.59 Å². The van der Waals surface area contributed by atoms with Crippen molar-refractivity contribution >= 4 is 17.4 Å². The summed E-state index contributed by atoms with van der Waals surface area (Å²) in [6, 6.07) is 13.6. The average molecular weight is 481 g/mol. The molecule has 0 aliphatic carbocycles. The second-order valence-electron chi connectivity index (χ2n) is 8.88. The molecule has 35 heavy (non-hydrogen) atoms. The van der Waals surface area contributed by atoms with Crippen LogP contribution in [-0.2, 0) is 9.59 Å². The highest BCUT2D eigenvalue weighted by Crippen LogP contribution is 2.40. The maximum absolute atomic E-state index is 13.2. The number of benzene rings is 2. The number of carbonyl (C=O) groups is 2. The first kappa shape index (κ1) is 26.3. The van der Waals surface area contributed by atoms with Gasteiger partial charge in [-0.15, -0.1) is 0 Å². The Kier molecular flexibility index (Phi) is 9.32. The lowest BCUT2D eigenvalue weighted by Crippen LogP contribution is -2.32. The van der Waals surface area contributed by atoms with Crippen LogP contribution in [0.15, 0.2) is 54.1 Å². The predicted octanol–water partition coefficient (Wildman–Crippen LogP) is 4.64. The van der Waals surface area contributed by atoms with E-state index >= 15 is 0 Å². The molecule has 188 valence electrons. The maximum atomic E-state index is 13.2. The molecule has 0 aromatic heterocycles. The van der Waals surface area contributed by atoms with Crippen LogP contribution in [0.2, 0.25) is 0 Å². The van der Waals surface area contributed by atoms with Crippen LogP contribution in [0, 0.1) is 0 Å². The van der Waals surface area contributed by atoms with Crippen molar-refractivity contribution in [2.75, 3.05) is 40.4 Å². The highest BCUT2D eigenvalue weighted by Gasteiger charge is 2.45. The van der Waals surface area contributed by atoms with Crippen molar-refractivity contribution in [3.8, 4) is 11.5 Å². The maximum Gasteiger partial charge on any atom is 0.295 e. The number of carbonyl (C=O) groups excluding carboxylic acids is 2. The molecule has 2 aromatic rings. The van der Waals surface area contributed by atoms with Gasteiger partial charge in [-0.05, 0) is 82.4 Å². The van der Waals surface area contributed by atoms with Crippen LogP contribution in [-0.4, -0.2) is 67.0 Å². The number of aliphatic hydroxyl groups is 1. The first-order valence-electron chi connectivity index (χ1n) is 12.3. The summed E-state index contributed by atoms with van der Waals surface area (Å²) in [7, 11) is 3.93. The fourth-order valence-electron chi connectivity index (χ4n) is 4.15. The van der Waals surface area contributed by atoms with E-state index < -0.39 is 17.7 Å². The molecule has 1 N–H and O–H groups in total. The van der Waals surface area contributed by atoms with Crippen molar-refractivity contribution in [1.82, 2.24) is 9.80 Å². The van der Waals surface area contributed by atoms with Crippen LogP contribution < -0.4 is 9.47 Å². The molecular formula is C28H36N2O5. The molecule has 1 aliphatic rings. The molecule has 7 nitrogen and oxygen atoms in total. The van der Waals surface area contributed by atoms with Crippen LogP contribution in [0.25, 0.3) is 5.76 Å². The summed E-state index contributed by atoms with van der Waals surface area (Å²) >= 11 is 0. The number of rotatable bonds is 12. The number of hydrogen-bond acceptors (Lipinski definition) is 6. The Bertz CT molecular complexity index is 1050. The van der Waals surface area contributed by atoms with Crippen molar-refractivity contribution in [1.29, 1.82) is 0 Å². The van der Waals surface area contributed by atoms with E-state index in [2.05, 4.69) is 6.92 Å². The molecule has 1 atom stereocenters. The van der Waals surface area contributed by atoms with Crippen molar-refractivity contribution in [3.05, 3.63) is 65.2 Å². The van der Waals surface area contributed by atoms with Crippen LogP contribution in [0.4, 0.5) is 0 Å². The molecule has 1 amide bonds. The van der Waals surface area contributed by atoms with Gasteiger partial charge in [0, 0.05) is 12.1 Å². The average Bonchev–Trinajstić information content (AvgIpc) is 3.09. The number of likely N-dealkylation sites (tertiary alicyclic amines) is 1. The second kappa shape index (κ2) is 12.4. The van der Waals surface area contributed by atoms with E-state index in [0.717, 1.165) is 24.9 Å². The van der Waals surface area contributed by atoms with Gasteiger partial charge in [0.25, 0.3) is 11.7 Å². The number of ether oxygens (including phenoxy) is 2. The van der Waals surface area contributed by atoms with Gasteiger partial charge < -0.3 is 24.4 Å². The highest BCUT2D eigenvalue weighted by molar-refractivity contribution is 6.46. The molecule has 0 radical (unpaired) electrons. The molecule has 1 saturated heterocycles. The molecule has 1 unspecified atom stereocenters. The lowest BCUT2D eigenvalue weighted by molar-refractivity contribution is -0.139. The largest absolute Gasteiger partial charge is 0.507 e. The SMILES string of the molecule is CCCCOc1cccc(C2/C(=C(\O)c3ccc(OCC)cc3)C(=O)C(=O)N2CCCN(C)C)c1. The summed E-state index contributed by atoms with van der Waals surface area (Å²) in [6.45, 7) is 6.28. The molecule has 7 heteroatoms. The number of Topliss-reactive ketones (excluding diaryl/α,β-unsaturated/α-hetero) is 1. The Hall–Kier alpha value is -3.32. The minimum atomic E-state index is -0.696. The second-order valence-corrected chi connectivity index (χ2v) is 8.88. The van der Waals surface area contributed by atoms with Crippen LogP contribution in [0.1, 0.15) is 50.3 Å². The zero-order valence-electron chi connectivity index (χ0n) is 21.1. The minimum Gasteiger partial charge on any atom is -0.507 e. The van der Waals surface area contributed by atoms with Gasteiger partial charge in [0.05, 0.1) is 24.8 Å². The first-order valence-corrected chi connectivity index (χ1v) is 12.3. The molecule has 1 aliphatic heterocycles. The van der Waals surface area contributed by atoms with Gasteiger partial charge in [-0.25, -0.2) is 0 Å². The van der Waals surface area contributed by atoms with Crippen LogP contribution >= 0.6 is 0 Å². The fourth-order valence-corrected chi connectivity index (χ4v) is 4.15. The van der Waals surface area contributed by atoms with Crippen molar-refractivity contribution in [2.24, 2.45) is 0 Å². The van der Waals surface area contributed by atoms with Crippen molar-refractivity contribution in [3.63, 3.8) is 0 Å². The van der Waals surface area contributed by atoms with Crippen molar-refractivity contribution in [2.45, 2.75) is 39.2 Å². The Balaban J connectivity index is 2.03. The zero-order chi connectivity index (χ0) is 25.4. The summed E-state index contributed by atoms with van der Waals surface area (Å²) in [5.74, 6) is -0.122. The summed E-state index contributed by atoms with van der Waals surface area (Å²) in [4.78, 5) is 29.9. The van der Waals surface area contributed by atoms with Gasteiger partial charge >= 0.3 is 0 Å². The summed E-state index contributed by atoms with van der Waals surface area (Å²) in [5.41, 5.74) is 1.28. The number of ketones is 1. The molecule has 2 aromatic carbocycles. The molecule has 3 rings (SSSR count). The van der Waals surface area contributed by atoms with Gasteiger partial charge in [0.2, 0.25) is 0 Å². The van der Waals surface area contributed by atoms with Gasteiger partial charge in [0.15, 0.2) is 0 Å². The predicted molar refractivity (Wildman–Crippen MR) is 137 cm³/mol. The van der Waals surface area contributed by atoms with Crippen LogP contribution in [0.3, 0.4) is 0 Å². The van der Waals surface area contributed by atoms with E-state index in [9.17, 15) is 14.7 Å².